The van der Waals surface area contributed by atoms with E-state index in [9.17, 15) is 0 Å². The summed E-state index contributed by atoms with van der Waals surface area (Å²) >= 11 is 0. The highest BCUT2D eigenvalue weighted by Crippen LogP contribution is 2.19. The number of aromatic nitrogens is 2. The van der Waals surface area contributed by atoms with E-state index in [-0.39, 0.29) is 0 Å². The van der Waals surface area contributed by atoms with Gasteiger partial charge in [-0.15, -0.1) is 0 Å². The molecule has 1 N–H and O–H groups in total. The van der Waals surface area contributed by atoms with Gasteiger partial charge in [0.15, 0.2) is 0 Å². The molecule has 0 aliphatic heterocycles. The fourth-order valence-electron chi connectivity index (χ4n) is 2.74. The Hall–Kier alpha value is -2.46. The van der Waals surface area contributed by atoms with Crippen LogP contribution in [-0.2, 0) is 17.8 Å². The predicted octanol–water partition coefficient (Wildman–Crippen LogP) is 3.74. The van der Waals surface area contributed by atoms with Gasteiger partial charge >= 0.3 is 0 Å². The van der Waals surface area contributed by atoms with E-state index >= 15 is 0 Å². The first-order valence-corrected chi connectivity index (χ1v) is 7.79. The second-order valence-corrected chi connectivity index (χ2v) is 5.62. The third kappa shape index (κ3) is 3.66. The van der Waals surface area contributed by atoms with E-state index in [0.717, 1.165) is 29.7 Å². The van der Waals surface area contributed by atoms with Crippen LogP contribution in [0.5, 0.6) is 0 Å². The first-order valence-electron chi connectivity index (χ1n) is 7.79. The summed E-state index contributed by atoms with van der Waals surface area (Å²) in [5.41, 5.74) is 4.79. The molecule has 3 aromatic rings. The number of anilines is 1. The molecule has 23 heavy (non-hydrogen) atoms. The highest BCUT2D eigenvalue weighted by molar-refractivity contribution is 5.88. The Balaban J connectivity index is 1.73. The van der Waals surface area contributed by atoms with Crippen LogP contribution in [0.4, 0.5) is 5.82 Å². The fourth-order valence-corrected chi connectivity index (χ4v) is 2.74. The zero-order valence-corrected chi connectivity index (χ0v) is 13.5. The molecule has 1 heterocycles. The molecule has 0 atom stereocenters. The SMILES string of the molecule is COCc1ccc(C)cc1CCNc1ncnc2ccccc12. The number of rotatable bonds is 6. The van der Waals surface area contributed by atoms with E-state index in [1.807, 2.05) is 24.3 Å². The molecular weight excluding hydrogens is 286 g/mol. The third-order valence-corrected chi connectivity index (χ3v) is 3.89. The second kappa shape index (κ2) is 7.20. The lowest BCUT2D eigenvalue weighted by molar-refractivity contribution is 0.184. The molecule has 0 aliphatic carbocycles. The summed E-state index contributed by atoms with van der Waals surface area (Å²) in [6.45, 7) is 3.58. The van der Waals surface area contributed by atoms with Gasteiger partial charge in [-0.2, -0.15) is 0 Å². The van der Waals surface area contributed by atoms with Gasteiger partial charge < -0.3 is 10.1 Å². The van der Waals surface area contributed by atoms with Crippen LogP contribution in [-0.4, -0.2) is 23.6 Å². The smallest absolute Gasteiger partial charge is 0.137 e. The van der Waals surface area contributed by atoms with Crippen LogP contribution in [0.15, 0.2) is 48.8 Å². The van der Waals surface area contributed by atoms with Gasteiger partial charge in [0.1, 0.15) is 12.1 Å². The van der Waals surface area contributed by atoms with E-state index in [1.54, 1.807) is 13.4 Å². The molecule has 0 bridgehead atoms. The fraction of sp³-hybridized carbons (Fsp3) is 0.263. The molecule has 3 rings (SSSR count). The number of methoxy groups -OCH3 is 1. The minimum Gasteiger partial charge on any atom is -0.380 e. The van der Waals surface area contributed by atoms with Crippen molar-refractivity contribution in [2.45, 2.75) is 20.0 Å². The van der Waals surface area contributed by atoms with Crippen molar-refractivity contribution in [3.63, 3.8) is 0 Å². The van der Waals surface area contributed by atoms with Gasteiger partial charge in [-0.25, -0.2) is 9.97 Å². The molecule has 4 nitrogen and oxygen atoms in total. The van der Waals surface area contributed by atoms with Crippen molar-refractivity contribution in [1.29, 1.82) is 0 Å². The molecule has 0 fully saturated rings. The Bertz CT molecular complexity index is 796. The number of nitrogens with zero attached hydrogens (tertiary/aromatic N) is 2. The lowest BCUT2D eigenvalue weighted by atomic mass is 10.0. The number of nitrogens with one attached hydrogen (secondary N) is 1. The zero-order valence-electron chi connectivity index (χ0n) is 13.5. The quantitative estimate of drug-likeness (QED) is 0.753. The maximum absolute atomic E-state index is 5.29. The van der Waals surface area contributed by atoms with E-state index in [2.05, 4.69) is 40.4 Å². The van der Waals surface area contributed by atoms with Crippen molar-refractivity contribution in [2.75, 3.05) is 19.0 Å². The van der Waals surface area contributed by atoms with Crippen molar-refractivity contribution in [3.05, 3.63) is 65.5 Å². The molecule has 118 valence electrons. The molecule has 0 aliphatic rings. The topological polar surface area (TPSA) is 47.0 Å². The first-order chi connectivity index (χ1) is 11.3. The monoisotopic (exact) mass is 307 g/mol. The van der Waals surface area contributed by atoms with E-state index < -0.39 is 0 Å². The van der Waals surface area contributed by atoms with Crippen LogP contribution in [0, 0.1) is 6.92 Å². The number of aryl methyl sites for hydroxylation is 1. The largest absolute Gasteiger partial charge is 0.380 e. The lowest BCUT2D eigenvalue weighted by Gasteiger charge is -2.12. The van der Waals surface area contributed by atoms with Crippen molar-refractivity contribution in [3.8, 4) is 0 Å². The van der Waals surface area contributed by atoms with Gasteiger partial charge in [0.2, 0.25) is 0 Å². The normalized spacial score (nSPS) is 10.9. The number of ether oxygens (including phenoxy) is 1. The summed E-state index contributed by atoms with van der Waals surface area (Å²) in [5.74, 6) is 0.886. The van der Waals surface area contributed by atoms with Gasteiger partial charge in [-0.3, -0.25) is 0 Å². The van der Waals surface area contributed by atoms with Gasteiger partial charge in [0.25, 0.3) is 0 Å². The Labute approximate surface area is 136 Å². The number of hydrogen-bond donors (Lipinski definition) is 1. The summed E-state index contributed by atoms with van der Waals surface area (Å²) in [4.78, 5) is 8.66. The van der Waals surface area contributed by atoms with Crippen LogP contribution in [0.3, 0.4) is 0 Å². The van der Waals surface area contributed by atoms with Crippen molar-refractivity contribution in [1.82, 2.24) is 9.97 Å². The summed E-state index contributed by atoms with van der Waals surface area (Å²) in [6.07, 6.45) is 2.53. The van der Waals surface area contributed by atoms with Crippen molar-refractivity contribution in [2.24, 2.45) is 0 Å². The van der Waals surface area contributed by atoms with Gasteiger partial charge in [0, 0.05) is 19.0 Å². The third-order valence-electron chi connectivity index (χ3n) is 3.89. The molecular formula is C19H21N3O. The van der Waals surface area contributed by atoms with Gasteiger partial charge in [0.05, 0.1) is 12.1 Å². The average molecular weight is 307 g/mol. The van der Waals surface area contributed by atoms with Crippen LogP contribution < -0.4 is 5.32 Å². The standard InChI is InChI=1S/C19H21N3O/c1-14-7-8-16(12-23-2)15(11-14)9-10-20-19-17-5-3-4-6-18(17)21-13-22-19/h3-8,11,13H,9-10,12H2,1-2H3,(H,20,21,22). The molecule has 1 aromatic heterocycles. The Kier molecular flexibility index (Phi) is 4.83. The number of benzene rings is 2. The molecule has 0 unspecified atom stereocenters. The molecule has 2 aromatic carbocycles. The van der Waals surface area contributed by atoms with Crippen molar-refractivity contribution < 1.29 is 4.74 Å². The molecule has 0 saturated heterocycles. The van der Waals surface area contributed by atoms with Crippen molar-refractivity contribution >= 4 is 16.7 Å². The number of para-hydroxylation sites is 1. The number of hydrogen-bond acceptors (Lipinski definition) is 4. The van der Waals surface area contributed by atoms with Gasteiger partial charge in [-0.1, -0.05) is 35.9 Å². The molecule has 0 saturated carbocycles. The predicted molar refractivity (Wildman–Crippen MR) is 93.6 cm³/mol. The van der Waals surface area contributed by atoms with Crippen LogP contribution in [0.2, 0.25) is 0 Å². The maximum atomic E-state index is 5.29. The summed E-state index contributed by atoms with van der Waals surface area (Å²) in [7, 11) is 1.73. The average Bonchev–Trinajstić information content (AvgIpc) is 2.57. The second-order valence-electron chi connectivity index (χ2n) is 5.62. The highest BCUT2D eigenvalue weighted by Gasteiger charge is 2.05. The highest BCUT2D eigenvalue weighted by atomic mass is 16.5. The maximum Gasteiger partial charge on any atom is 0.137 e. The van der Waals surface area contributed by atoms with Gasteiger partial charge in [-0.05, 0) is 36.6 Å². The van der Waals surface area contributed by atoms with E-state index in [4.69, 9.17) is 4.74 Å². The summed E-state index contributed by atoms with van der Waals surface area (Å²) < 4.78 is 5.29. The number of fused-ring (bicyclic) bond motifs is 1. The van der Waals surface area contributed by atoms with E-state index in [1.165, 1.54) is 16.7 Å². The Morgan fingerprint density at radius 3 is 2.78 bits per heavy atom. The molecule has 0 radical (unpaired) electrons. The van der Waals surface area contributed by atoms with Crippen LogP contribution >= 0.6 is 0 Å². The Morgan fingerprint density at radius 2 is 1.91 bits per heavy atom. The first kappa shape index (κ1) is 15.4. The molecule has 4 heteroatoms. The zero-order chi connectivity index (χ0) is 16.1. The molecule has 0 spiro atoms. The van der Waals surface area contributed by atoms with Crippen LogP contribution in [0.1, 0.15) is 16.7 Å². The minimum absolute atomic E-state index is 0.645. The van der Waals surface area contributed by atoms with Crippen LogP contribution in [0.25, 0.3) is 10.9 Å². The summed E-state index contributed by atoms with van der Waals surface area (Å²) in [6, 6.07) is 14.5. The lowest BCUT2D eigenvalue weighted by Crippen LogP contribution is -2.09. The summed E-state index contributed by atoms with van der Waals surface area (Å²) in [5, 5.41) is 4.49. The van der Waals surface area contributed by atoms with E-state index in [0.29, 0.717) is 6.61 Å². The minimum atomic E-state index is 0.645. The Morgan fingerprint density at radius 1 is 1.04 bits per heavy atom. The molecule has 0 amide bonds.